The second-order valence-corrected chi connectivity index (χ2v) is 15.8. The van der Waals surface area contributed by atoms with Crippen LogP contribution in [0.25, 0.3) is 0 Å². The van der Waals surface area contributed by atoms with Crippen molar-refractivity contribution in [3.63, 3.8) is 0 Å². The molecule has 0 radical (unpaired) electrons. The van der Waals surface area contributed by atoms with Crippen LogP contribution >= 0.6 is 0 Å². The molecule has 2 atom stereocenters. The number of carbonyl (C=O) groups is 4. The van der Waals surface area contributed by atoms with Crippen molar-refractivity contribution in [2.75, 3.05) is 13.2 Å². The predicted molar refractivity (Wildman–Crippen MR) is 204 cm³/mol. The maximum atomic E-state index is 12.2. The van der Waals surface area contributed by atoms with Crippen molar-refractivity contribution in [1.29, 1.82) is 0 Å². The van der Waals surface area contributed by atoms with Crippen molar-refractivity contribution in [2.24, 2.45) is 0 Å². The van der Waals surface area contributed by atoms with Crippen molar-refractivity contribution in [3.8, 4) is 0 Å². The van der Waals surface area contributed by atoms with Crippen molar-refractivity contribution in [1.82, 2.24) is 0 Å². The first-order valence-electron chi connectivity index (χ1n) is 18.4. The van der Waals surface area contributed by atoms with Gasteiger partial charge in [0.15, 0.2) is 10.9 Å². The monoisotopic (exact) mass is 838 g/mol. The second kappa shape index (κ2) is 28.7. The van der Waals surface area contributed by atoms with Gasteiger partial charge in [-0.25, -0.2) is 36.0 Å². The van der Waals surface area contributed by atoms with Gasteiger partial charge in [-0.05, 0) is 51.0 Å². The summed E-state index contributed by atoms with van der Waals surface area (Å²) in [7, 11) is -9.55. The molecule has 304 valence electrons. The molecule has 0 saturated carbocycles. The van der Waals surface area contributed by atoms with E-state index in [1.165, 1.54) is 74.9 Å². The van der Waals surface area contributed by atoms with Gasteiger partial charge in [0.05, 0.1) is 35.5 Å². The summed E-state index contributed by atoms with van der Waals surface area (Å²) in [5, 5.41) is 0. The summed E-state index contributed by atoms with van der Waals surface area (Å²) in [6, 6.07) is 11.5. The minimum absolute atomic E-state index is 0. The summed E-state index contributed by atoms with van der Waals surface area (Å²) < 4.78 is 84.9. The van der Waals surface area contributed by atoms with E-state index in [0.29, 0.717) is 0 Å². The zero-order chi connectivity index (χ0) is 40.6. The van der Waals surface area contributed by atoms with Crippen LogP contribution in [-0.2, 0) is 39.2 Å². The Kier molecular flexibility index (Phi) is 27.4. The van der Waals surface area contributed by atoms with Gasteiger partial charge in [-0.3, -0.25) is 0 Å². The van der Waals surface area contributed by atoms with E-state index < -0.39 is 55.0 Å². The second-order valence-electron chi connectivity index (χ2n) is 12.5. The third-order valence-corrected chi connectivity index (χ3v) is 9.87. The average molecular weight is 839 g/mol. The van der Waals surface area contributed by atoms with Crippen molar-refractivity contribution >= 4 is 81.9 Å². The molecule has 2 aromatic rings. The van der Waals surface area contributed by atoms with Crippen LogP contribution in [-0.4, -0.2) is 112 Å². The Morgan fingerprint density at radius 3 is 1.02 bits per heavy atom. The third kappa shape index (κ3) is 22.1. The number of ether oxygens (including phenoxy) is 4. The SMILES string of the molecule is CCCCCCCCCOC(=O)c1ccccc1C(=O)OC(C)S(=O)(=O)[O-].CCCCCCCCCOC(=O)c1ccccc1C(=O)OC(C)S(=O)(=O)[O-].[Ca+2]. The smallest absolute Gasteiger partial charge is 0.745 e. The summed E-state index contributed by atoms with van der Waals surface area (Å²) >= 11 is 0. The van der Waals surface area contributed by atoms with Crippen LogP contribution in [0.5, 0.6) is 0 Å². The fourth-order valence-corrected chi connectivity index (χ4v) is 5.24. The Morgan fingerprint density at radius 2 is 0.745 bits per heavy atom. The molecule has 0 aromatic heterocycles. The molecule has 17 heteroatoms. The van der Waals surface area contributed by atoms with Crippen molar-refractivity contribution in [2.45, 2.75) is 128 Å². The topological polar surface area (TPSA) is 220 Å². The number of hydrogen-bond donors (Lipinski definition) is 0. The Labute approximate surface area is 355 Å². The fraction of sp³-hybridized carbons (Fsp3) is 0.579. The van der Waals surface area contributed by atoms with Crippen LogP contribution in [0.3, 0.4) is 0 Å². The molecule has 0 heterocycles. The first-order chi connectivity index (χ1) is 25.5. The Hall–Kier alpha value is -2.60. The molecule has 0 amide bonds. The van der Waals surface area contributed by atoms with E-state index in [4.69, 9.17) is 9.47 Å². The van der Waals surface area contributed by atoms with Gasteiger partial charge in [0.2, 0.25) is 0 Å². The third-order valence-electron chi connectivity index (χ3n) is 8.05. The molecule has 0 fully saturated rings. The maximum absolute atomic E-state index is 12.2. The summed E-state index contributed by atoms with van der Waals surface area (Å²) in [6.45, 7) is 6.72. The summed E-state index contributed by atoms with van der Waals surface area (Å²) in [5.41, 5.74) is -4.03. The minimum Gasteiger partial charge on any atom is -0.745 e. The van der Waals surface area contributed by atoms with E-state index in [2.05, 4.69) is 23.3 Å². The Balaban J connectivity index is 0.00000104. The predicted octanol–water partition coefficient (Wildman–Crippen LogP) is 6.90. The molecule has 14 nitrogen and oxygen atoms in total. The molecule has 0 aliphatic rings. The number of rotatable bonds is 24. The molecular formula is C38H54CaO14S2. The molecule has 0 bridgehead atoms. The van der Waals surface area contributed by atoms with Crippen LogP contribution in [0.1, 0.15) is 159 Å². The minimum atomic E-state index is -4.78. The van der Waals surface area contributed by atoms with Crippen LogP contribution in [0, 0.1) is 0 Å². The summed E-state index contributed by atoms with van der Waals surface area (Å²) in [5.74, 6) is -3.51. The first-order valence-corrected chi connectivity index (χ1v) is 21.3. The molecule has 2 unspecified atom stereocenters. The molecular weight excluding hydrogens is 785 g/mol. The number of hydrogen-bond acceptors (Lipinski definition) is 14. The summed E-state index contributed by atoms with van der Waals surface area (Å²) in [6.07, 6.45) is 15.1. The van der Waals surface area contributed by atoms with E-state index in [1.54, 1.807) is 12.1 Å². The van der Waals surface area contributed by atoms with E-state index >= 15 is 0 Å². The van der Waals surface area contributed by atoms with Gasteiger partial charge in [-0.2, -0.15) is 0 Å². The largest absolute Gasteiger partial charge is 2.00 e. The van der Waals surface area contributed by atoms with Gasteiger partial charge in [0.25, 0.3) is 0 Å². The molecule has 2 aromatic carbocycles. The van der Waals surface area contributed by atoms with Gasteiger partial charge in [-0.1, -0.05) is 115 Å². The molecule has 55 heavy (non-hydrogen) atoms. The average Bonchev–Trinajstić information content (AvgIpc) is 3.13. The number of esters is 4. The van der Waals surface area contributed by atoms with E-state index in [1.807, 2.05) is 0 Å². The number of unbranched alkanes of at least 4 members (excludes halogenated alkanes) is 12. The van der Waals surface area contributed by atoms with E-state index in [0.717, 1.165) is 65.2 Å². The number of carbonyl (C=O) groups excluding carboxylic acids is 4. The normalized spacial score (nSPS) is 12.2. The van der Waals surface area contributed by atoms with Crippen molar-refractivity contribution < 1.29 is 64.1 Å². The van der Waals surface area contributed by atoms with Crippen molar-refractivity contribution in [3.05, 3.63) is 70.8 Å². The Morgan fingerprint density at radius 1 is 0.491 bits per heavy atom. The quantitative estimate of drug-likeness (QED) is 0.0345. The zero-order valence-electron chi connectivity index (χ0n) is 32.3. The van der Waals surface area contributed by atoms with Crippen LogP contribution in [0.15, 0.2) is 48.5 Å². The molecule has 0 N–H and O–H groups in total. The zero-order valence-corrected chi connectivity index (χ0v) is 36.2. The molecule has 2 rings (SSSR count). The van der Waals surface area contributed by atoms with Gasteiger partial charge >= 0.3 is 61.6 Å². The van der Waals surface area contributed by atoms with E-state index in [9.17, 15) is 45.1 Å². The van der Waals surface area contributed by atoms with Crippen LogP contribution < -0.4 is 0 Å². The van der Waals surface area contributed by atoms with Crippen LogP contribution in [0.4, 0.5) is 0 Å². The standard InChI is InChI=1S/2C19H28O7S.Ca/c2*1-3-4-5-6-7-8-11-14-25-18(20)16-12-9-10-13-17(16)19(21)26-15(2)27(22,23)24;/h2*9-10,12-13,15H,3-8,11,14H2,1-2H3,(H,22,23,24);/q;;+2/p-2. The fourth-order valence-electron chi connectivity index (χ4n) is 4.83. The van der Waals surface area contributed by atoms with E-state index in [-0.39, 0.29) is 73.2 Å². The Bertz CT molecular complexity index is 1560. The first kappa shape index (κ1) is 52.4. The van der Waals surface area contributed by atoms with Gasteiger partial charge in [0, 0.05) is 0 Å². The molecule has 0 spiro atoms. The molecule has 0 aliphatic heterocycles. The molecule has 0 aliphatic carbocycles. The maximum Gasteiger partial charge on any atom is 2.00 e. The van der Waals surface area contributed by atoms with Crippen LogP contribution in [0.2, 0.25) is 0 Å². The summed E-state index contributed by atoms with van der Waals surface area (Å²) in [4.78, 5) is 48.6. The van der Waals surface area contributed by atoms with Gasteiger partial charge in [0.1, 0.15) is 20.2 Å². The number of benzene rings is 2. The molecule has 0 saturated heterocycles. The van der Waals surface area contributed by atoms with Gasteiger partial charge < -0.3 is 28.1 Å². The van der Waals surface area contributed by atoms with Gasteiger partial charge in [-0.15, -0.1) is 0 Å².